The van der Waals surface area contributed by atoms with Crippen molar-refractivity contribution in [3.8, 4) is 0 Å². The monoisotopic (exact) mass is 653 g/mol. The van der Waals surface area contributed by atoms with Gasteiger partial charge in [-0.2, -0.15) is 0 Å². The van der Waals surface area contributed by atoms with E-state index < -0.39 is 18.3 Å². The molecular weight excluding hydrogens is 624 g/mol. The molecule has 0 aliphatic heterocycles. The van der Waals surface area contributed by atoms with Crippen molar-refractivity contribution < 1.29 is 18.7 Å². The Bertz CT molecular complexity index is 782. The number of thiazole rings is 1. The van der Waals surface area contributed by atoms with Crippen LogP contribution in [0.1, 0.15) is 51.7 Å². The van der Waals surface area contributed by atoms with E-state index in [0.717, 1.165) is 35.8 Å². The topological polar surface area (TPSA) is 57.7 Å². The number of ether oxygens (including phenoxy) is 2. The van der Waals surface area contributed by atoms with Crippen molar-refractivity contribution in [3.63, 3.8) is 0 Å². The summed E-state index contributed by atoms with van der Waals surface area (Å²) in [4.78, 5) is 16.1. The van der Waals surface area contributed by atoms with Crippen LogP contribution in [0, 0.1) is 0 Å². The minimum absolute atomic E-state index is 0.00945. The normalized spacial score (nSPS) is 14.4. The molecule has 0 unspecified atom stereocenters. The van der Waals surface area contributed by atoms with Gasteiger partial charge in [0.2, 0.25) is 3.79 Å². The maximum absolute atomic E-state index is 11.6. The van der Waals surface area contributed by atoms with Crippen LogP contribution in [0.4, 0.5) is 4.79 Å². The van der Waals surface area contributed by atoms with Crippen LogP contribution in [0.5, 0.6) is 0 Å². The molecule has 5 nitrogen and oxygen atoms in total. The van der Waals surface area contributed by atoms with Gasteiger partial charge in [-0.05, 0) is 76.2 Å². The molecule has 0 aliphatic rings. The third-order valence-electron chi connectivity index (χ3n) is 5.06. The second-order valence-corrected chi connectivity index (χ2v) is 17.3. The highest BCUT2D eigenvalue weighted by Crippen LogP contribution is 2.29. The van der Waals surface area contributed by atoms with E-state index in [0.29, 0.717) is 5.01 Å². The molecule has 0 N–H and O–H groups in total. The molecule has 32 heavy (non-hydrogen) atoms. The molecule has 1 rings (SSSR count). The van der Waals surface area contributed by atoms with Crippen molar-refractivity contribution in [1.29, 1.82) is 0 Å². The van der Waals surface area contributed by atoms with E-state index in [1.54, 1.807) is 0 Å². The molecule has 11 heteroatoms. The van der Waals surface area contributed by atoms with Gasteiger partial charge in [-0.25, -0.2) is 9.78 Å². The summed E-state index contributed by atoms with van der Waals surface area (Å²) in [6.45, 7) is 10.5. The van der Waals surface area contributed by atoms with Crippen molar-refractivity contribution in [1.82, 2.24) is 4.98 Å². The van der Waals surface area contributed by atoms with Gasteiger partial charge in [0.05, 0.1) is 11.8 Å². The van der Waals surface area contributed by atoms with Crippen LogP contribution in [0.2, 0.25) is 18.1 Å². The summed E-state index contributed by atoms with van der Waals surface area (Å²) in [5.74, 6) is 0. The summed E-state index contributed by atoms with van der Waals surface area (Å²) < 4.78 is 16.1. The molecule has 0 aromatic carbocycles. The molecule has 182 valence electrons. The quantitative estimate of drug-likeness (QED) is 0.0977. The second kappa shape index (κ2) is 14.5. The zero-order chi connectivity index (χ0) is 24.4. The van der Waals surface area contributed by atoms with E-state index in [1.165, 1.54) is 14.9 Å². The number of hydrogen-bond acceptors (Lipinski definition) is 6. The van der Waals surface area contributed by atoms with Crippen LogP contribution in [0.25, 0.3) is 6.08 Å². The summed E-state index contributed by atoms with van der Waals surface area (Å²) in [6, 6.07) is 3.30. The largest absolute Gasteiger partial charge is 0.508 e. The van der Waals surface area contributed by atoms with Crippen molar-refractivity contribution in [2.45, 2.75) is 75.7 Å². The predicted molar refractivity (Wildman–Crippen MR) is 147 cm³/mol. The summed E-state index contributed by atoms with van der Waals surface area (Å²) in [6.07, 6.45) is 4.20. The highest BCUT2D eigenvalue weighted by molar-refractivity contribution is 14.1. The maximum Gasteiger partial charge on any atom is 0.508 e. The van der Waals surface area contributed by atoms with Crippen LogP contribution < -0.4 is 0 Å². The number of halogens is 4. The molecule has 1 atom stereocenters. The smallest absolute Gasteiger partial charge is 0.430 e. The van der Waals surface area contributed by atoms with Crippen molar-refractivity contribution in [2.24, 2.45) is 0 Å². The van der Waals surface area contributed by atoms with Crippen LogP contribution in [-0.2, 0) is 20.5 Å². The molecule has 0 aliphatic carbocycles. The van der Waals surface area contributed by atoms with Crippen LogP contribution >= 0.6 is 68.7 Å². The van der Waals surface area contributed by atoms with Gasteiger partial charge in [0.1, 0.15) is 18.2 Å². The molecule has 0 saturated carbocycles. The number of aromatic nitrogens is 1. The third kappa shape index (κ3) is 11.5. The first-order chi connectivity index (χ1) is 14.9. The highest BCUT2D eigenvalue weighted by Gasteiger charge is 2.32. The van der Waals surface area contributed by atoms with Gasteiger partial charge in [0.25, 0.3) is 0 Å². The Morgan fingerprint density at radius 1 is 1.22 bits per heavy atom. The lowest BCUT2D eigenvalue weighted by Gasteiger charge is -2.33. The lowest BCUT2D eigenvalue weighted by molar-refractivity contribution is 0.0511. The summed E-state index contributed by atoms with van der Waals surface area (Å²) in [5.41, 5.74) is 1.94. The van der Waals surface area contributed by atoms with E-state index in [1.807, 2.05) is 11.5 Å². The van der Waals surface area contributed by atoms with E-state index >= 15 is 0 Å². The molecule has 1 heterocycles. The summed E-state index contributed by atoms with van der Waals surface area (Å²) in [7, 11) is -1.76. The van der Waals surface area contributed by atoms with Gasteiger partial charge in [0, 0.05) is 5.38 Å². The molecule has 0 spiro atoms. The van der Waals surface area contributed by atoms with E-state index in [-0.39, 0.29) is 19.3 Å². The van der Waals surface area contributed by atoms with E-state index in [2.05, 4.69) is 68.3 Å². The minimum atomic E-state index is -1.76. The molecule has 0 amide bonds. The number of allylic oxidation sites excluding steroid dienone is 1. The summed E-state index contributed by atoms with van der Waals surface area (Å²) >= 11 is 20.4. The number of nitrogens with zero attached hydrogens (tertiary/aromatic N) is 1. The maximum atomic E-state index is 11.6. The van der Waals surface area contributed by atoms with Crippen LogP contribution in [0.15, 0.2) is 20.6 Å². The zero-order valence-electron chi connectivity index (χ0n) is 19.1. The van der Waals surface area contributed by atoms with Crippen molar-refractivity contribution in [2.75, 3.05) is 6.61 Å². The fourth-order valence-electron chi connectivity index (χ4n) is 2.99. The first kappa shape index (κ1) is 30.2. The van der Waals surface area contributed by atoms with Crippen molar-refractivity contribution >= 4 is 89.3 Å². The number of carbonyl (C=O) groups is 1. The summed E-state index contributed by atoms with van der Waals surface area (Å²) in [5, 5.41) is 2.57. The van der Waals surface area contributed by atoms with Gasteiger partial charge in [-0.15, -0.1) is 11.3 Å². The third-order valence-corrected chi connectivity index (χ3v) is 11.3. The van der Waals surface area contributed by atoms with Crippen LogP contribution in [0.3, 0.4) is 0 Å². The molecular formula is C21H31Cl3INO4SSi. The van der Waals surface area contributed by atoms with Gasteiger partial charge in [0.15, 0.2) is 8.32 Å². The van der Waals surface area contributed by atoms with Gasteiger partial charge < -0.3 is 13.9 Å². The standard InChI is InChI=1S/C21H31Cl3INO4SSi/c1-6-32(7-2,8-3)30-18(10-9-16(5)25)15(4)11-17-13-31-19(26-17)12-28-20(27)29-14-21(22,23)24/h9,11,13,18H,6-8,10,12,14H2,1-5H3/t18-/m0/s1. The van der Waals surface area contributed by atoms with E-state index in [9.17, 15) is 4.79 Å². The van der Waals surface area contributed by atoms with Gasteiger partial charge in [-0.3, -0.25) is 0 Å². The van der Waals surface area contributed by atoms with Gasteiger partial charge in [-0.1, -0.05) is 61.7 Å². The Morgan fingerprint density at radius 2 is 1.84 bits per heavy atom. The average Bonchev–Trinajstić information content (AvgIpc) is 3.18. The first-order valence-corrected chi connectivity index (χ1v) is 16.0. The van der Waals surface area contributed by atoms with Crippen molar-refractivity contribution in [3.05, 3.63) is 31.3 Å². The SMILES string of the molecule is CC[Si](CC)(CC)O[C@@H](CC=C(C)I)C(C)=Cc1csc(COC(=O)OCC(Cl)(Cl)Cl)n1. The Labute approximate surface area is 225 Å². The number of hydrogen-bond donors (Lipinski definition) is 0. The molecule has 0 radical (unpaired) electrons. The fraction of sp³-hybridized carbons (Fsp3) is 0.619. The Morgan fingerprint density at radius 3 is 2.38 bits per heavy atom. The Balaban J connectivity index is 2.86. The first-order valence-electron chi connectivity index (χ1n) is 10.4. The average molecular weight is 655 g/mol. The lowest BCUT2D eigenvalue weighted by Crippen LogP contribution is -2.40. The fourth-order valence-corrected chi connectivity index (χ4v) is 6.95. The number of alkyl halides is 3. The molecule has 0 bridgehead atoms. The van der Waals surface area contributed by atoms with E-state index in [4.69, 9.17) is 48.7 Å². The molecule has 1 aromatic heterocycles. The molecule has 0 fully saturated rings. The Kier molecular flexibility index (Phi) is 13.7. The van der Waals surface area contributed by atoms with Crippen LogP contribution in [-0.4, -0.2) is 36.0 Å². The highest BCUT2D eigenvalue weighted by atomic mass is 127. The Hall–Kier alpha value is 0.157. The molecule has 0 saturated heterocycles. The number of rotatable bonds is 12. The predicted octanol–water partition coefficient (Wildman–Crippen LogP) is 8.69. The van der Waals surface area contributed by atoms with Gasteiger partial charge >= 0.3 is 6.16 Å². The number of carbonyl (C=O) groups excluding carboxylic acids is 1. The lowest BCUT2D eigenvalue weighted by atomic mass is 10.1. The zero-order valence-corrected chi connectivity index (χ0v) is 25.3. The second-order valence-electron chi connectivity index (χ2n) is 7.37. The minimum Gasteiger partial charge on any atom is -0.430 e. The molecule has 1 aromatic rings.